The molecule has 47 heavy (non-hydrogen) atoms. The predicted molar refractivity (Wildman–Crippen MR) is 185 cm³/mol. The Morgan fingerprint density at radius 3 is 1.43 bits per heavy atom. The molecular formula is C38H67N3O6. The molecule has 9 heteroatoms. The molecule has 3 aliphatic heterocycles. The van der Waals surface area contributed by atoms with Gasteiger partial charge in [0, 0.05) is 51.0 Å². The Bertz CT molecular complexity index is 1190. The molecule has 4 rings (SSSR count). The van der Waals surface area contributed by atoms with Crippen LogP contribution in [0.5, 0.6) is 0 Å². The van der Waals surface area contributed by atoms with Crippen LogP contribution in [0.4, 0.5) is 0 Å². The van der Waals surface area contributed by atoms with Crippen LogP contribution in [0.15, 0.2) is 0 Å². The first-order chi connectivity index (χ1) is 21.3. The van der Waals surface area contributed by atoms with Gasteiger partial charge in [-0.3, -0.25) is 24.2 Å². The van der Waals surface area contributed by atoms with Crippen LogP contribution in [0.1, 0.15) is 122 Å². The number of carbonyl (C=O) groups is 3. The maximum atomic E-state index is 13.9. The predicted octanol–water partition coefficient (Wildman–Crippen LogP) is 5.83. The maximum absolute atomic E-state index is 13.9. The number of nitrogens with zero attached hydrogens (tertiary/aromatic N) is 2. The SMILES string of the molecule is CN1C(C)(C)CC(COC(=O)C2CCC(C(=O)OCC3CC(C)(C)NC3(C)C)C(C(=O)OCC3CC(C)(C)N(C)C3(C)C)C2)C1(C)C. The lowest BCUT2D eigenvalue weighted by Crippen LogP contribution is -2.47. The summed E-state index contributed by atoms with van der Waals surface area (Å²) in [6.45, 7) is 27.2. The van der Waals surface area contributed by atoms with E-state index in [1.807, 2.05) is 0 Å². The summed E-state index contributed by atoms with van der Waals surface area (Å²) in [6, 6.07) is 0. The van der Waals surface area contributed by atoms with Crippen molar-refractivity contribution in [1.29, 1.82) is 0 Å². The lowest BCUT2D eigenvalue weighted by Gasteiger charge is -2.38. The molecule has 0 bridgehead atoms. The molecule has 0 aromatic carbocycles. The Labute approximate surface area is 285 Å². The fourth-order valence-electron chi connectivity index (χ4n) is 9.58. The van der Waals surface area contributed by atoms with Crippen molar-refractivity contribution in [3.8, 4) is 0 Å². The Balaban J connectivity index is 1.44. The lowest BCUT2D eigenvalue weighted by atomic mass is 9.74. The van der Waals surface area contributed by atoms with Crippen LogP contribution < -0.4 is 5.32 Å². The summed E-state index contributed by atoms with van der Waals surface area (Å²) in [6.07, 6.45) is 3.85. The first-order valence-electron chi connectivity index (χ1n) is 18.1. The molecule has 1 aliphatic carbocycles. The summed E-state index contributed by atoms with van der Waals surface area (Å²) < 4.78 is 18.0. The normalized spacial score (nSPS) is 35.4. The van der Waals surface area contributed by atoms with Gasteiger partial charge < -0.3 is 19.5 Å². The first kappa shape index (κ1) is 38.1. The van der Waals surface area contributed by atoms with E-state index in [4.69, 9.17) is 14.2 Å². The van der Waals surface area contributed by atoms with Gasteiger partial charge in [-0.15, -0.1) is 0 Å². The van der Waals surface area contributed by atoms with Gasteiger partial charge in [-0.25, -0.2) is 0 Å². The minimum absolute atomic E-state index is 0.0120. The molecule has 0 aromatic heterocycles. The second-order valence-corrected chi connectivity index (χ2v) is 19.1. The van der Waals surface area contributed by atoms with Crippen molar-refractivity contribution in [2.45, 2.75) is 155 Å². The van der Waals surface area contributed by atoms with Gasteiger partial charge in [-0.05, 0) is 136 Å². The highest BCUT2D eigenvalue weighted by Gasteiger charge is 2.52. The molecule has 0 spiro atoms. The fourth-order valence-corrected chi connectivity index (χ4v) is 9.58. The lowest BCUT2D eigenvalue weighted by molar-refractivity contribution is -0.169. The molecule has 1 N–H and O–H groups in total. The minimum atomic E-state index is -0.747. The molecule has 270 valence electrons. The van der Waals surface area contributed by atoms with Gasteiger partial charge in [0.25, 0.3) is 0 Å². The zero-order valence-electron chi connectivity index (χ0n) is 32.2. The molecule has 1 saturated carbocycles. The molecule has 9 nitrogen and oxygen atoms in total. The third kappa shape index (κ3) is 7.72. The van der Waals surface area contributed by atoms with Crippen molar-refractivity contribution < 1.29 is 28.6 Å². The molecule has 0 radical (unpaired) electrons. The molecular weight excluding hydrogens is 594 g/mol. The van der Waals surface area contributed by atoms with Crippen molar-refractivity contribution in [1.82, 2.24) is 15.1 Å². The third-order valence-electron chi connectivity index (χ3n) is 13.5. The zero-order valence-corrected chi connectivity index (χ0v) is 32.2. The molecule has 0 aromatic rings. The number of carbonyl (C=O) groups excluding carboxylic acids is 3. The summed E-state index contributed by atoms with van der Waals surface area (Å²) >= 11 is 0. The van der Waals surface area contributed by atoms with Crippen LogP contribution >= 0.6 is 0 Å². The highest BCUT2D eigenvalue weighted by atomic mass is 16.5. The largest absolute Gasteiger partial charge is 0.465 e. The van der Waals surface area contributed by atoms with Crippen molar-refractivity contribution >= 4 is 17.9 Å². The summed E-state index contributed by atoms with van der Waals surface area (Å²) in [5, 5.41) is 3.65. The van der Waals surface area contributed by atoms with Crippen LogP contribution in [0.25, 0.3) is 0 Å². The fraction of sp³-hybridized carbons (Fsp3) is 0.921. The summed E-state index contributed by atoms with van der Waals surface area (Å²) in [7, 11) is 4.26. The van der Waals surface area contributed by atoms with Crippen molar-refractivity contribution in [2.75, 3.05) is 33.9 Å². The third-order valence-corrected chi connectivity index (χ3v) is 13.5. The molecule has 3 heterocycles. The van der Waals surface area contributed by atoms with Crippen LogP contribution in [-0.2, 0) is 28.6 Å². The van der Waals surface area contributed by atoms with Crippen LogP contribution in [0.3, 0.4) is 0 Å². The van der Waals surface area contributed by atoms with Gasteiger partial charge in [0.05, 0.1) is 37.6 Å². The molecule has 6 unspecified atom stereocenters. The van der Waals surface area contributed by atoms with E-state index >= 15 is 0 Å². The van der Waals surface area contributed by atoms with Crippen LogP contribution in [0, 0.1) is 35.5 Å². The van der Waals surface area contributed by atoms with Crippen LogP contribution in [0.2, 0.25) is 0 Å². The Morgan fingerprint density at radius 1 is 0.596 bits per heavy atom. The average Bonchev–Trinajstić information content (AvgIpc) is 3.35. The average molecular weight is 662 g/mol. The number of rotatable bonds is 9. The number of hydrogen-bond acceptors (Lipinski definition) is 9. The smallest absolute Gasteiger partial charge is 0.309 e. The first-order valence-corrected chi connectivity index (χ1v) is 18.1. The topological polar surface area (TPSA) is 97.4 Å². The van der Waals surface area contributed by atoms with E-state index in [1.54, 1.807) is 0 Å². The summed E-state index contributed by atoms with van der Waals surface area (Å²) in [4.78, 5) is 45.8. The van der Waals surface area contributed by atoms with Crippen LogP contribution in [-0.4, -0.2) is 94.9 Å². The summed E-state index contributed by atoms with van der Waals surface area (Å²) in [5.74, 6) is -2.38. The highest BCUT2D eigenvalue weighted by molar-refractivity contribution is 5.84. The van der Waals surface area contributed by atoms with Gasteiger partial charge in [0.15, 0.2) is 0 Å². The van der Waals surface area contributed by atoms with E-state index in [0.717, 1.165) is 19.3 Å². The molecule has 6 atom stereocenters. The van der Waals surface area contributed by atoms with Crippen molar-refractivity contribution in [3.05, 3.63) is 0 Å². The van der Waals surface area contributed by atoms with Gasteiger partial charge in [-0.1, -0.05) is 0 Å². The molecule has 4 fully saturated rings. The van der Waals surface area contributed by atoms with E-state index in [9.17, 15) is 14.4 Å². The Morgan fingerprint density at radius 2 is 1.02 bits per heavy atom. The maximum Gasteiger partial charge on any atom is 0.309 e. The van der Waals surface area contributed by atoms with Gasteiger partial charge in [0.1, 0.15) is 0 Å². The van der Waals surface area contributed by atoms with Crippen molar-refractivity contribution in [3.63, 3.8) is 0 Å². The van der Waals surface area contributed by atoms with E-state index < -0.39 is 23.7 Å². The van der Waals surface area contributed by atoms with Gasteiger partial charge >= 0.3 is 17.9 Å². The Kier molecular flexibility index (Phi) is 10.4. The molecule has 4 aliphatic rings. The second-order valence-electron chi connectivity index (χ2n) is 19.1. The van der Waals surface area contributed by atoms with E-state index in [1.165, 1.54) is 0 Å². The molecule has 0 amide bonds. The number of esters is 3. The molecule has 3 saturated heterocycles. The van der Waals surface area contributed by atoms with Gasteiger partial charge in [-0.2, -0.15) is 0 Å². The monoisotopic (exact) mass is 662 g/mol. The second kappa shape index (κ2) is 12.9. The summed E-state index contributed by atoms with van der Waals surface area (Å²) in [5.41, 5.74) is -0.453. The quantitative estimate of drug-likeness (QED) is 0.242. The standard InChI is InChI=1S/C38H67N3O6/c1-33(2)18-25(36(7,8)39-33)21-46-31(43)28-16-15-24(30(42)45-22-26-19-34(3,4)40(13)37(26,9)10)17-29(28)32(44)47-23-27-20-35(5,6)41(14)38(27,11)12/h24-29,39H,15-23H2,1-14H3. The number of ether oxygens (including phenoxy) is 3. The minimum Gasteiger partial charge on any atom is -0.465 e. The number of likely N-dealkylation sites (tertiary alicyclic amines) is 2. The van der Waals surface area contributed by atoms with Gasteiger partial charge in [0.2, 0.25) is 0 Å². The van der Waals surface area contributed by atoms with E-state index in [0.29, 0.717) is 26.1 Å². The number of nitrogens with one attached hydrogen (secondary N) is 1. The number of hydrogen-bond donors (Lipinski definition) is 1. The van der Waals surface area contributed by atoms with E-state index in [2.05, 4.69) is 112 Å². The van der Waals surface area contributed by atoms with E-state index in [-0.39, 0.29) is 76.0 Å². The Hall–Kier alpha value is -1.71. The highest BCUT2D eigenvalue weighted by Crippen LogP contribution is 2.46. The zero-order chi connectivity index (χ0) is 35.5. The van der Waals surface area contributed by atoms with Crippen molar-refractivity contribution in [2.24, 2.45) is 35.5 Å².